The number of fused-ring (bicyclic) bond motifs is 2. The Kier molecular flexibility index (Phi) is 4.72. The summed E-state index contributed by atoms with van der Waals surface area (Å²) in [6.07, 6.45) is 0. The van der Waals surface area contributed by atoms with Gasteiger partial charge in [0.15, 0.2) is 5.75 Å². The molecule has 0 fully saturated rings. The maximum atomic E-state index is 12.8. The molecule has 0 saturated heterocycles. The van der Waals surface area contributed by atoms with Crippen molar-refractivity contribution in [3.05, 3.63) is 76.3 Å². The fraction of sp³-hybridized carbons (Fsp3) is 0.0952. The molecule has 8 heteroatoms. The van der Waals surface area contributed by atoms with Crippen LogP contribution in [0.1, 0.15) is 21.5 Å². The highest BCUT2D eigenvalue weighted by Gasteiger charge is 2.23. The number of amides is 1. The zero-order valence-electron chi connectivity index (χ0n) is 15.6. The van der Waals surface area contributed by atoms with Gasteiger partial charge in [0.1, 0.15) is 5.75 Å². The van der Waals surface area contributed by atoms with E-state index in [0.29, 0.717) is 27.8 Å². The summed E-state index contributed by atoms with van der Waals surface area (Å²) in [5, 5.41) is 3.16. The molecule has 6 nitrogen and oxygen atoms in total. The average Bonchev–Trinajstić information content (AvgIpc) is 2.79. The summed E-state index contributed by atoms with van der Waals surface area (Å²) in [5.41, 5.74) is 2.45. The standard InChI is InChI=1S/C21H17ClN2O4S/c1-12-6-8-19-17(10-12)23-21(25)15-11-14(7-9-18(15)28-19)24-29(26,27)20-5-3-4-16(22)13(20)2/h3-11,24H,1-2H3,(H,23,25). The van der Waals surface area contributed by atoms with E-state index >= 15 is 0 Å². The highest BCUT2D eigenvalue weighted by Crippen LogP contribution is 2.37. The van der Waals surface area contributed by atoms with E-state index in [1.54, 1.807) is 37.3 Å². The number of nitrogens with one attached hydrogen (secondary N) is 2. The van der Waals surface area contributed by atoms with Gasteiger partial charge in [-0.25, -0.2) is 8.42 Å². The van der Waals surface area contributed by atoms with Crippen LogP contribution >= 0.6 is 11.6 Å². The van der Waals surface area contributed by atoms with Gasteiger partial charge in [0, 0.05) is 10.7 Å². The molecule has 3 aromatic rings. The average molecular weight is 429 g/mol. The van der Waals surface area contributed by atoms with Gasteiger partial charge in [0.2, 0.25) is 0 Å². The monoisotopic (exact) mass is 428 g/mol. The topological polar surface area (TPSA) is 84.5 Å². The Balaban J connectivity index is 1.69. The van der Waals surface area contributed by atoms with Gasteiger partial charge in [-0.15, -0.1) is 0 Å². The number of carbonyl (C=O) groups excluding carboxylic acids is 1. The third-order valence-corrected chi connectivity index (χ3v) is 6.52. The maximum Gasteiger partial charge on any atom is 0.262 e. The van der Waals surface area contributed by atoms with Gasteiger partial charge < -0.3 is 10.1 Å². The van der Waals surface area contributed by atoms with Gasteiger partial charge in [-0.2, -0.15) is 0 Å². The minimum atomic E-state index is -3.89. The first-order valence-electron chi connectivity index (χ1n) is 8.76. The molecule has 29 heavy (non-hydrogen) atoms. The van der Waals surface area contributed by atoms with Crippen LogP contribution in [-0.4, -0.2) is 14.3 Å². The summed E-state index contributed by atoms with van der Waals surface area (Å²) < 4.78 is 34.0. The fourth-order valence-corrected chi connectivity index (χ4v) is 4.64. The summed E-state index contributed by atoms with van der Waals surface area (Å²) in [7, 11) is -3.89. The highest BCUT2D eigenvalue weighted by atomic mass is 35.5. The molecule has 2 N–H and O–H groups in total. The van der Waals surface area contributed by atoms with Crippen LogP contribution < -0.4 is 14.8 Å². The van der Waals surface area contributed by atoms with E-state index in [2.05, 4.69) is 10.0 Å². The van der Waals surface area contributed by atoms with Crippen LogP contribution in [0.15, 0.2) is 59.5 Å². The first-order chi connectivity index (χ1) is 13.7. The highest BCUT2D eigenvalue weighted by molar-refractivity contribution is 7.92. The normalized spacial score (nSPS) is 12.9. The zero-order chi connectivity index (χ0) is 20.8. The Morgan fingerprint density at radius 3 is 2.55 bits per heavy atom. The lowest BCUT2D eigenvalue weighted by molar-refractivity contribution is 0.102. The number of sulfonamides is 1. The van der Waals surface area contributed by atoms with E-state index < -0.39 is 10.0 Å². The van der Waals surface area contributed by atoms with Crippen molar-refractivity contribution in [3.63, 3.8) is 0 Å². The number of hydrogen-bond donors (Lipinski definition) is 2. The van der Waals surface area contributed by atoms with Crippen molar-refractivity contribution in [2.75, 3.05) is 10.0 Å². The lowest BCUT2D eigenvalue weighted by Gasteiger charge is -2.13. The van der Waals surface area contributed by atoms with Crippen LogP contribution in [0.4, 0.5) is 11.4 Å². The molecule has 3 aromatic carbocycles. The maximum absolute atomic E-state index is 12.8. The van der Waals surface area contributed by atoms with Gasteiger partial charge in [-0.3, -0.25) is 9.52 Å². The lowest BCUT2D eigenvalue weighted by atomic mass is 10.1. The minimum Gasteiger partial charge on any atom is -0.454 e. The molecule has 0 spiro atoms. The zero-order valence-corrected chi connectivity index (χ0v) is 17.2. The summed E-state index contributed by atoms with van der Waals surface area (Å²) >= 11 is 6.05. The molecular weight excluding hydrogens is 412 g/mol. The number of carbonyl (C=O) groups is 1. The quantitative estimate of drug-likeness (QED) is 0.606. The Hall–Kier alpha value is -3.03. The molecule has 1 aliphatic heterocycles. The van der Waals surface area contributed by atoms with Crippen LogP contribution in [0.5, 0.6) is 11.5 Å². The molecule has 1 aliphatic rings. The molecule has 0 aliphatic carbocycles. The molecule has 0 aromatic heterocycles. The predicted molar refractivity (Wildman–Crippen MR) is 113 cm³/mol. The third kappa shape index (κ3) is 3.66. The molecule has 0 unspecified atom stereocenters. The Morgan fingerprint density at radius 2 is 1.76 bits per heavy atom. The van der Waals surface area contributed by atoms with Crippen LogP contribution in [0.2, 0.25) is 5.02 Å². The largest absolute Gasteiger partial charge is 0.454 e. The van der Waals surface area contributed by atoms with Gasteiger partial charge in [-0.1, -0.05) is 23.7 Å². The number of ether oxygens (including phenoxy) is 1. The smallest absolute Gasteiger partial charge is 0.262 e. The van der Waals surface area contributed by atoms with Gasteiger partial charge in [0.25, 0.3) is 15.9 Å². The summed E-state index contributed by atoms with van der Waals surface area (Å²) in [4.78, 5) is 12.8. The Morgan fingerprint density at radius 1 is 1.00 bits per heavy atom. The van der Waals surface area contributed by atoms with E-state index in [9.17, 15) is 13.2 Å². The summed E-state index contributed by atoms with van der Waals surface area (Å²) in [6.45, 7) is 3.55. The number of benzene rings is 3. The van der Waals surface area contributed by atoms with Crippen molar-refractivity contribution < 1.29 is 17.9 Å². The molecular formula is C21H17ClN2O4S. The van der Waals surface area contributed by atoms with E-state index in [1.165, 1.54) is 12.1 Å². The summed E-state index contributed by atoms with van der Waals surface area (Å²) in [5.74, 6) is 0.474. The van der Waals surface area contributed by atoms with Crippen LogP contribution in [0.25, 0.3) is 0 Å². The number of halogens is 1. The fourth-order valence-electron chi connectivity index (χ4n) is 3.09. The van der Waals surface area contributed by atoms with Crippen molar-refractivity contribution in [2.45, 2.75) is 18.7 Å². The molecule has 148 valence electrons. The molecule has 0 bridgehead atoms. The first-order valence-corrected chi connectivity index (χ1v) is 10.6. The molecule has 0 radical (unpaired) electrons. The van der Waals surface area contributed by atoms with Gasteiger partial charge in [0.05, 0.1) is 16.1 Å². The van der Waals surface area contributed by atoms with Crippen molar-refractivity contribution in [3.8, 4) is 11.5 Å². The molecule has 1 heterocycles. The molecule has 4 rings (SSSR count). The Labute approximate surface area is 173 Å². The molecule has 0 saturated carbocycles. The van der Waals surface area contributed by atoms with Gasteiger partial charge in [-0.05, 0) is 67.4 Å². The second kappa shape index (κ2) is 7.09. The van der Waals surface area contributed by atoms with Crippen molar-refractivity contribution in [1.29, 1.82) is 0 Å². The SMILES string of the molecule is Cc1ccc2c(c1)NC(=O)c1cc(NS(=O)(=O)c3cccc(Cl)c3C)ccc1O2. The lowest BCUT2D eigenvalue weighted by Crippen LogP contribution is -2.16. The molecule has 0 atom stereocenters. The van der Waals surface area contributed by atoms with E-state index in [4.69, 9.17) is 16.3 Å². The number of anilines is 2. The van der Waals surface area contributed by atoms with E-state index in [1.807, 2.05) is 19.1 Å². The minimum absolute atomic E-state index is 0.0727. The van der Waals surface area contributed by atoms with E-state index in [0.717, 1.165) is 5.56 Å². The second-order valence-corrected chi connectivity index (χ2v) is 8.79. The van der Waals surface area contributed by atoms with Crippen molar-refractivity contribution in [1.82, 2.24) is 0 Å². The van der Waals surface area contributed by atoms with Crippen molar-refractivity contribution >= 4 is 38.9 Å². The van der Waals surface area contributed by atoms with Crippen molar-refractivity contribution in [2.24, 2.45) is 0 Å². The number of rotatable bonds is 3. The number of hydrogen-bond acceptors (Lipinski definition) is 4. The predicted octanol–water partition coefficient (Wildman–Crippen LogP) is 5.12. The molecule has 1 amide bonds. The third-order valence-electron chi connectivity index (χ3n) is 4.59. The first kappa shape index (κ1) is 19.3. The second-order valence-electron chi connectivity index (χ2n) is 6.74. The van der Waals surface area contributed by atoms with Gasteiger partial charge >= 0.3 is 0 Å². The summed E-state index contributed by atoms with van der Waals surface area (Å²) in [6, 6.07) is 14.7. The van der Waals surface area contributed by atoms with Crippen LogP contribution in [0, 0.1) is 13.8 Å². The van der Waals surface area contributed by atoms with Crippen LogP contribution in [-0.2, 0) is 10.0 Å². The van der Waals surface area contributed by atoms with Crippen LogP contribution in [0.3, 0.4) is 0 Å². The Bertz CT molecular complexity index is 1260. The van der Waals surface area contributed by atoms with E-state index in [-0.39, 0.29) is 22.1 Å². The number of aryl methyl sites for hydroxylation is 1.